The molecule has 0 spiro atoms. The molecule has 0 atom stereocenters. The van der Waals surface area contributed by atoms with Gasteiger partial charge in [-0.25, -0.2) is 4.39 Å². The number of hydrogen-bond donors (Lipinski definition) is 1. The third-order valence-electron chi connectivity index (χ3n) is 3.46. The number of rotatable bonds is 4. The van der Waals surface area contributed by atoms with Crippen LogP contribution in [0.2, 0.25) is 0 Å². The highest BCUT2D eigenvalue weighted by molar-refractivity contribution is 5.59. The van der Waals surface area contributed by atoms with Crippen LogP contribution < -0.4 is 10.1 Å². The Balaban J connectivity index is 2.19. The molecule has 0 amide bonds. The van der Waals surface area contributed by atoms with Crippen LogP contribution in [0.1, 0.15) is 31.9 Å². The molecular weight excluding hydrogens is 265 g/mol. The van der Waals surface area contributed by atoms with E-state index in [4.69, 9.17) is 4.74 Å². The van der Waals surface area contributed by atoms with Gasteiger partial charge in [-0.1, -0.05) is 39.0 Å². The summed E-state index contributed by atoms with van der Waals surface area (Å²) < 4.78 is 18.3. The molecule has 0 heterocycles. The van der Waals surface area contributed by atoms with Gasteiger partial charge in [0.2, 0.25) is 0 Å². The largest absolute Gasteiger partial charge is 0.495 e. The van der Waals surface area contributed by atoms with Crippen molar-refractivity contribution in [2.45, 2.75) is 32.7 Å². The van der Waals surface area contributed by atoms with Crippen LogP contribution >= 0.6 is 0 Å². The van der Waals surface area contributed by atoms with Gasteiger partial charge in [-0.2, -0.15) is 0 Å². The zero-order chi connectivity index (χ0) is 15.5. The van der Waals surface area contributed by atoms with Crippen LogP contribution in [-0.4, -0.2) is 7.11 Å². The molecule has 2 aromatic carbocycles. The predicted molar refractivity (Wildman–Crippen MR) is 85.4 cm³/mol. The van der Waals surface area contributed by atoms with Crippen LogP contribution in [0.5, 0.6) is 5.75 Å². The van der Waals surface area contributed by atoms with E-state index >= 15 is 0 Å². The molecule has 0 saturated carbocycles. The van der Waals surface area contributed by atoms with Crippen LogP contribution in [0.3, 0.4) is 0 Å². The van der Waals surface area contributed by atoms with Gasteiger partial charge < -0.3 is 10.1 Å². The lowest BCUT2D eigenvalue weighted by Crippen LogP contribution is -2.12. The van der Waals surface area contributed by atoms with E-state index < -0.39 is 0 Å². The summed E-state index contributed by atoms with van der Waals surface area (Å²) in [6, 6.07) is 12.7. The highest BCUT2D eigenvalue weighted by Gasteiger charge is 2.15. The third-order valence-corrected chi connectivity index (χ3v) is 3.46. The first-order valence-electron chi connectivity index (χ1n) is 7.07. The van der Waals surface area contributed by atoms with Gasteiger partial charge in [0.15, 0.2) is 0 Å². The number of nitrogens with one attached hydrogen (secondary N) is 1. The van der Waals surface area contributed by atoms with Crippen molar-refractivity contribution in [2.24, 2.45) is 0 Å². The molecule has 0 aliphatic heterocycles. The topological polar surface area (TPSA) is 21.3 Å². The molecule has 2 aromatic rings. The minimum Gasteiger partial charge on any atom is -0.495 e. The Hall–Kier alpha value is -2.03. The fourth-order valence-corrected chi connectivity index (χ4v) is 2.11. The Morgan fingerprint density at radius 1 is 1.05 bits per heavy atom. The van der Waals surface area contributed by atoms with E-state index in [1.165, 1.54) is 17.7 Å². The molecule has 0 bridgehead atoms. The molecule has 0 fully saturated rings. The van der Waals surface area contributed by atoms with Crippen molar-refractivity contribution in [3.05, 3.63) is 59.4 Å². The lowest BCUT2D eigenvalue weighted by atomic mass is 9.87. The standard InChI is InChI=1S/C18H22FNO/c1-18(2,3)14-7-10-17(21-4)16(11-14)20-12-13-5-8-15(19)9-6-13/h5-11,20H,12H2,1-4H3. The Labute approximate surface area is 126 Å². The van der Waals surface area contributed by atoms with Crippen molar-refractivity contribution in [3.63, 3.8) is 0 Å². The van der Waals surface area contributed by atoms with Crippen molar-refractivity contribution in [3.8, 4) is 5.75 Å². The molecular formula is C18H22FNO. The summed E-state index contributed by atoms with van der Waals surface area (Å²) in [7, 11) is 1.66. The van der Waals surface area contributed by atoms with Gasteiger partial charge >= 0.3 is 0 Å². The molecule has 0 aromatic heterocycles. The van der Waals surface area contributed by atoms with Crippen molar-refractivity contribution in [1.29, 1.82) is 0 Å². The van der Waals surface area contributed by atoms with Crippen LogP contribution in [0, 0.1) is 5.82 Å². The second-order valence-corrected chi connectivity index (χ2v) is 6.15. The molecule has 21 heavy (non-hydrogen) atoms. The van der Waals surface area contributed by atoms with Gasteiger partial charge in [0.25, 0.3) is 0 Å². The van der Waals surface area contributed by atoms with Gasteiger partial charge in [0.1, 0.15) is 11.6 Å². The summed E-state index contributed by atoms with van der Waals surface area (Å²) in [5.74, 6) is 0.594. The summed E-state index contributed by atoms with van der Waals surface area (Å²) in [6.45, 7) is 7.17. The Morgan fingerprint density at radius 2 is 1.71 bits per heavy atom. The Morgan fingerprint density at radius 3 is 2.29 bits per heavy atom. The van der Waals surface area contributed by atoms with Gasteiger partial charge in [-0.15, -0.1) is 0 Å². The van der Waals surface area contributed by atoms with E-state index in [9.17, 15) is 4.39 Å². The van der Waals surface area contributed by atoms with Crippen LogP contribution in [0.4, 0.5) is 10.1 Å². The van der Waals surface area contributed by atoms with E-state index in [0.717, 1.165) is 17.0 Å². The first-order valence-corrected chi connectivity index (χ1v) is 7.07. The van der Waals surface area contributed by atoms with Crippen molar-refractivity contribution < 1.29 is 9.13 Å². The molecule has 1 N–H and O–H groups in total. The predicted octanol–water partition coefficient (Wildman–Crippen LogP) is 4.74. The molecule has 2 nitrogen and oxygen atoms in total. The fraction of sp³-hybridized carbons (Fsp3) is 0.333. The van der Waals surface area contributed by atoms with E-state index in [2.05, 4.69) is 38.2 Å². The monoisotopic (exact) mass is 287 g/mol. The summed E-state index contributed by atoms with van der Waals surface area (Å²) in [5.41, 5.74) is 3.30. The maximum absolute atomic E-state index is 12.9. The number of halogens is 1. The van der Waals surface area contributed by atoms with Gasteiger partial charge in [-0.3, -0.25) is 0 Å². The minimum absolute atomic E-state index is 0.0819. The molecule has 3 heteroatoms. The van der Waals surface area contributed by atoms with Crippen molar-refractivity contribution >= 4 is 5.69 Å². The number of ether oxygens (including phenoxy) is 1. The molecule has 0 aliphatic rings. The molecule has 2 rings (SSSR count). The summed E-state index contributed by atoms with van der Waals surface area (Å²) in [4.78, 5) is 0. The zero-order valence-corrected chi connectivity index (χ0v) is 13.0. The smallest absolute Gasteiger partial charge is 0.141 e. The van der Waals surface area contributed by atoms with E-state index in [0.29, 0.717) is 6.54 Å². The first kappa shape index (κ1) is 15.4. The number of anilines is 1. The molecule has 0 radical (unpaired) electrons. The SMILES string of the molecule is COc1ccc(C(C)(C)C)cc1NCc1ccc(F)cc1. The number of benzene rings is 2. The molecule has 0 aliphatic carbocycles. The Kier molecular flexibility index (Phi) is 4.51. The van der Waals surface area contributed by atoms with E-state index in [-0.39, 0.29) is 11.2 Å². The molecule has 112 valence electrons. The molecule has 0 saturated heterocycles. The normalized spacial score (nSPS) is 11.3. The number of methoxy groups -OCH3 is 1. The lowest BCUT2D eigenvalue weighted by molar-refractivity contribution is 0.416. The van der Waals surface area contributed by atoms with Crippen molar-refractivity contribution in [2.75, 3.05) is 12.4 Å². The van der Waals surface area contributed by atoms with E-state index in [1.54, 1.807) is 19.2 Å². The van der Waals surface area contributed by atoms with Crippen LogP contribution in [0.25, 0.3) is 0 Å². The summed E-state index contributed by atoms with van der Waals surface area (Å²) >= 11 is 0. The maximum atomic E-state index is 12.9. The van der Waals surface area contributed by atoms with E-state index in [1.807, 2.05) is 6.07 Å². The van der Waals surface area contributed by atoms with Crippen LogP contribution in [0.15, 0.2) is 42.5 Å². The van der Waals surface area contributed by atoms with Crippen LogP contribution in [-0.2, 0) is 12.0 Å². The summed E-state index contributed by atoms with van der Waals surface area (Å²) in [5, 5.41) is 3.36. The second kappa shape index (κ2) is 6.17. The third kappa shape index (κ3) is 3.97. The summed E-state index contributed by atoms with van der Waals surface area (Å²) in [6.07, 6.45) is 0. The highest BCUT2D eigenvalue weighted by Crippen LogP contribution is 2.31. The first-order chi connectivity index (χ1) is 9.90. The quantitative estimate of drug-likeness (QED) is 0.876. The lowest BCUT2D eigenvalue weighted by Gasteiger charge is -2.21. The second-order valence-electron chi connectivity index (χ2n) is 6.15. The number of hydrogen-bond acceptors (Lipinski definition) is 2. The fourth-order valence-electron chi connectivity index (χ4n) is 2.11. The highest BCUT2D eigenvalue weighted by atomic mass is 19.1. The average Bonchev–Trinajstić information content (AvgIpc) is 2.45. The zero-order valence-electron chi connectivity index (χ0n) is 13.0. The average molecular weight is 287 g/mol. The van der Waals surface area contributed by atoms with Gasteiger partial charge in [-0.05, 0) is 40.8 Å². The van der Waals surface area contributed by atoms with Gasteiger partial charge in [0.05, 0.1) is 12.8 Å². The maximum Gasteiger partial charge on any atom is 0.141 e. The van der Waals surface area contributed by atoms with Gasteiger partial charge in [0, 0.05) is 6.54 Å². The Bertz CT molecular complexity index is 600. The van der Waals surface area contributed by atoms with Crippen molar-refractivity contribution in [1.82, 2.24) is 0 Å². The minimum atomic E-state index is -0.217. The molecule has 0 unspecified atom stereocenters.